The molecule has 1 saturated carbocycles. The summed E-state index contributed by atoms with van der Waals surface area (Å²) in [6.07, 6.45) is 10.1. The zero-order valence-electron chi connectivity index (χ0n) is 15.2. The molecule has 1 amide bonds. The van der Waals surface area contributed by atoms with E-state index in [1.54, 1.807) is 12.4 Å². The molecule has 4 rings (SSSR count). The summed E-state index contributed by atoms with van der Waals surface area (Å²) in [7, 11) is 0. The lowest BCUT2D eigenvalue weighted by Crippen LogP contribution is -2.34. The highest BCUT2D eigenvalue weighted by molar-refractivity contribution is 5.93. The Balaban J connectivity index is 1.37. The van der Waals surface area contributed by atoms with Gasteiger partial charge >= 0.3 is 0 Å². The molecule has 0 atom stereocenters. The number of nitrogens with zero attached hydrogens (tertiary/aromatic N) is 2. The van der Waals surface area contributed by atoms with Gasteiger partial charge < -0.3 is 20.1 Å². The van der Waals surface area contributed by atoms with E-state index in [0.717, 1.165) is 24.3 Å². The number of rotatable bonds is 4. The predicted octanol–water partition coefficient (Wildman–Crippen LogP) is 3.44. The molecule has 0 radical (unpaired) electrons. The molecule has 142 valence electrons. The van der Waals surface area contributed by atoms with E-state index >= 15 is 0 Å². The summed E-state index contributed by atoms with van der Waals surface area (Å²) < 4.78 is 11.1. The third-order valence-electron chi connectivity index (χ3n) is 4.90. The Bertz CT molecular complexity index is 786. The molecular formula is C20H24N4O3. The molecule has 1 aliphatic carbocycles. The third kappa shape index (κ3) is 4.48. The van der Waals surface area contributed by atoms with Crippen molar-refractivity contribution in [2.45, 2.75) is 44.6 Å². The minimum absolute atomic E-state index is 0.104. The summed E-state index contributed by atoms with van der Waals surface area (Å²) >= 11 is 0. The van der Waals surface area contributed by atoms with Gasteiger partial charge in [0, 0.05) is 30.2 Å². The van der Waals surface area contributed by atoms with Crippen LogP contribution in [0.4, 0.5) is 11.6 Å². The monoisotopic (exact) mass is 368 g/mol. The van der Waals surface area contributed by atoms with Crippen molar-refractivity contribution < 1.29 is 14.3 Å². The lowest BCUT2D eigenvalue weighted by Gasteiger charge is -2.19. The van der Waals surface area contributed by atoms with Crippen LogP contribution in [-0.2, 0) is 0 Å². The Labute approximate surface area is 158 Å². The van der Waals surface area contributed by atoms with Crippen molar-refractivity contribution in [2.24, 2.45) is 0 Å². The van der Waals surface area contributed by atoms with Gasteiger partial charge in [-0.2, -0.15) is 0 Å². The van der Waals surface area contributed by atoms with Crippen molar-refractivity contribution in [2.75, 3.05) is 18.5 Å². The fourth-order valence-electron chi connectivity index (χ4n) is 3.45. The Hall–Kier alpha value is -2.83. The van der Waals surface area contributed by atoms with Crippen molar-refractivity contribution in [3.8, 4) is 11.5 Å². The zero-order valence-corrected chi connectivity index (χ0v) is 15.2. The molecule has 0 bridgehead atoms. The fraction of sp³-hybridized carbons (Fsp3) is 0.450. The van der Waals surface area contributed by atoms with Gasteiger partial charge in [0.1, 0.15) is 13.2 Å². The van der Waals surface area contributed by atoms with E-state index in [2.05, 4.69) is 20.6 Å². The van der Waals surface area contributed by atoms with Crippen LogP contribution in [0.3, 0.4) is 0 Å². The van der Waals surface area contributed by atoms with Crippen LogP contribution >= 0.6 is 0 Å². The van der Waals surface area contributed by atoms with E-state index < -0.39 is 0 Å². The van der Waals surface area contributed by atoms with Gasteiger partial charge in [-0.05, 0) is 25.0 Å². The second-order valence-electron chi connectivity index (χ2n) is 6.94. The second kappa shape index (κ2) is 8.24. The fourth-order valence-corrected chi connectivity index (χ4v) is 3.45. The molecule has 1 fully saturated rings. The molecule has 7 heteroatoms. The Morgan fingerprint density at radius 2 is 1.67 bits per heavy atom. The zero-order chi connectivity index (χ0) is 18.5. The first kappa shape index (κ1) is 17.6. The van der Waals surface area contributed by atoms with Crippen LogP contribution in [0.25, 0.3) is 0 Å². The molecule has 27 heavy (non-hydrogen) atoms. The van der Waals surface area contributed by atoms with Crippen LogP contribution in [0, 0.1) is 0 Å². The van der Waals surface area contributed by atoms with Gasteiger partial charge in [0.2, 0.25) is 5.95 Å². The molecule has 2 aromatic rings. The van der Waals surface area contributed by atoms with Crippen molar-refractivity contribution in [1.82, 2.24) is 15.3 Å². The highest BCUT2D eigenvalue weighted by Crippen LogP contribution is 2.33. The molecule has 1 aromatic heterocycles. The molecule has 0 saturated heterocycles. The molecule has 7 nitrogen and oxygen atoms in total. The van der Waals surface area contributed by atoms with E-state index in [1.807, 2.05) is 18.2 Å². The van der Waals surface area contributed by atoms with Crippen LogP contribution in [0.1, 0.15) is 48.9 Å². The number of hydrogen-bond acceptors (Lipinski definition) is 6. The highest BCUT2D eigenvalue weighted by Gasteiger charge is 2.16. The lowest BCUT2D eigenvalue weighted by atomic mass is 10.1. The second-order valence-corrected chi connectivity index (χ2v) is 6.94. The van der Waals surface area contributed by atoms with E-state index in [-0.39, 0.29) is 11.9 Å². The minimum atomic E-state index is -0.104. The van der Waals surface area contributed by atoms with Gasteiger partial charge in [0.05, 0.1) is 5.56 Å². The average molecular weight is 368 g/mol. The van der Waals surface area contributed by atoms with Crippen LogP contribution in [-0.4, -0.2) is 35.1 Å². The number of hydrogen-bond donors (Lipinski definition) is 2. The summed E-state index contributed by atoms with van der Waals surface area (Å²) in [4.78, 5) is 20.9. The smallest absolute Gasteiger partial charge is 0.254 e. The summed E-state index contributed by atoms with van der Waals surface area (Å²) in [5.41, 5.74) is 1.28. The number of aromatic nitrogens is 2. The number of benzene rings is 1. The molecule has 1 aliphatic heterocycles. The van der Waals surface area contributed by atoms with E-state index in [0.29, 0.717) is 30.5 Å². The maximum absolute atomic E-state index is 12.4. The summed E-state index contributed by atoms with van der Waals surface area (Å²) in [6.45, 7) is 1.10. The Morgan fingerprint density at radius 3 is 2.41 bits per heavy atom. The molecule has 2 aliphatic rings. The SMILES string of the molecule is O=C(NC1CCCCCC1)c1cnc(Nc2ccc3c(c2)OCCO3)nc1. The molecule has 2 heterocycles. The van der Waals surface area contributed by atoms with Crippen molar-refractivity contribution >= 4 is 17.5 Å². The average Bonchev–Trinajstić information content (AvgIpc) is 2.97. The summed E-state index contributed by atoms with van der Waals surface area (Å²) in [5, 5.41) is 6.23. The van der Waals surface area contributed by atoms with Crippen LogP contribution < -0.4 is 20.1 Å². The molecule has 1 aromatic carbocycles. The normalized spacial score (nSPS) is 17.0. The molecule has 0 spiro atoms. The van der Waals surface area contributed by atoms with Gasteiger partial charge in [-0.1, -0.05) is 25.7 Å². The first-order valence-corrected chi connectivity index (χ1v) is 9.57. The highest BCUT2D eigenvalue weighted by atomic mass is 16.6. The van der Waals surface area contributed by atoms with Gasteiger partial charge in [-0.25, -0.2) is 9.97 Å². The number of amides is 1. The van der Waals surface area contributed by atoms with E-state index in [1.165, 1.54) is 25.7 Å². The third-order valence-corrected chi connectivity index (χ3v) is 4.90. The number of nitrogens with one attached hydrogen (secondary N) is 2. The number of ether oxygens (including phenoxy) is 2. The summed E-state index contributed by atoms with van der Waals surface area (Å²) in [6, 6.07) is 5.84. The number of anilines is 2. The van der Waals surface area contributed by atoms with Gasteiger partial charge in [0.25, 0.3) is 5.91 Å². The first-order valence-electron chi connectivity index (χ1n) is 9.57. The van der Waals surface area contributed by atoms with Crippen LogP contribution in [0.2, 0.25) is 0 Å². The quantitative estimate of drug-likeness (QED) is 0.804. The van der Waals surface area contributed by atoms with Crippen LogP contribution in [0.5, 0.6) is 11.5 Å². The summed E-state index contributed by atoms with van der Waals surface area (Å²) in [5.74, 6) is 1.76. The standard InChI is InChI=1S/C20H24N4O3/c25-19(23-15-5-3-1-2-4-6-15)14-12-21-20(22-13-14)24-16-7-8-17-18(11-16)27-10-9-26-17/h7-8,11-13,15H,1-6,9-10H2,(H,23,25)(H,21,22,24). The predicted molar refractivity (Wildman–Crippen MR) is 102 cm³/mol. The van der Waals surface area contributed by atoms with Gasteiger partial charge in [-0.3, -0.25) is 4.79 Å². The van der Waals surface area contributed by atoms with E-state index in [4.69, 9.17) is 9.47 Å². The largest absolute Gasteiger partial charge is 0.486 e. The van der Waals surface area contributed by atoms with E-state index in [9.17, 15) is 4.79 Å². The van der Waals surface area contributed by atoms with Crippen LogP contribution in [0.15, 0.2) is 30.6 Å². The van der Waals surface area contributed by atoms with Gasteiger partial charge in [0.15, 0.2) is 11.5 Å². The van der Waals surface area contributed by atoms with Crippen molar-refractivity contribution in [1.29, 1.82) is 0 Å². The molecule has 2 N–H and O–H groups in total. The number of carbonyl (C=O) groups excluding carboxylic acids is 1. The Kier molecular flexibility index (Phi) is 5.37. The van der Waals surface area contributed by atoms with Crippen molar-refractivity contribution in [3.63, 3.8) is 0 Å². The minimum Gasteiger partial charge on any atom is -0.486 e. The molecular weight excluding hydrogens is 344 g/mol. The number of carbonyl (C=O) groups is 1. The Morgan fingerprint density at radius 1 is 0.963 bits per heavy atom. The van der Waals surface area contributed by atoms with Gasteiger partial charge in [-0.15, -0.1) is 0 Å². The first-order chi connectivity index (χ1) is 13.3. The maximum Gasteiger partial charge on any atom is 0.254 e. The molecule has 0 unspecified atom stereocenters. The lowest BCUT2D eigenvalue weighted by molar-refractivity contribution is 0.0932. The topological polar surface area (TPSA) is 85.4 Å². The number of fused-ring (bicyclic) bond motifs is 1. The maximum atomic E-state index is 12.4. The van der Waals surface area contributed by atoms with Crippen molar-refractivity contribution in [3.05, 3.63) is 36.2 Å².